The molecule has 144 valence electrons. The average Bonchev–Trinajstić information content (AvgIpc) is 3.37. The minimum absolute atomic E-state index is 0.401. The second-order valence-corrected chi connectivity index (χ2v) is 9.70. The molecule has 27 heavy (non-hydrogen) atoms. The maximum absolute atomic E-state index is 12.6. The molecule has 0 amide bonds. The van der Waals surface area contributed by atoms with E-state index in [1.54, 1.807) is 21.8 Å². The maximum atomic E-state index is 12.6. The van der Waals surface area contributed by atoms with Crippen molar-refractivity contribution in [2.75, 3.05) is 26.2 Å². The summed E-state index contributed by atoms with van der Waals surface area (Å²) in [4.78, 5) is 1.22. The highest BCUT2D eigenvalue weighted by atomic mass is 32.2. The van der Waals surface area contributed by atoms with Gasteiger partial charge in [0, 0.05) is 0 Å². The molecule has 0 radical (unpaired) electrons. The minimum atomic E-state index is -3.37. The normalized spacial score (nSPS) is 16.8. The Bertz CT molecular complexity index is 1020. The Morgan fingerprint density at radius 1 is 1.22 bits per heavy atom. The Hall–Kier alpha value is -2.01. The minimum Gasteiger partial charge on any atom is -0.466 e. The van der Waals surface area contributed by atoms with Gasteiger partial charge in [-0.05, 0) is 31.4 Å². The number of furan rings is 1. The summed E-state index contributed by atoms with van der Waals surface area (Å²) in [7, 11) is -3.37. The zero-order valence-electron chi connectivity index (χ0n) is 15.1. The van der Waals surface area contributed by atoms with E-state index in [-0.39, 0.29) is 0 Å². The van der Waals surface area contributed by atoms with Gasteiger partial charge in [0.25, 0.3) is 21.8 Å². The van der Waals surface area contributed by atoms with Crippen molar-refractivity contribution in [3.63, 3.8) is 0 Å². The van der Waals surface area contributed by atoms with Crippen LogP contribution in [-0.2, 0) is 16.6 Å². The summed E-state index contributed by atoms with van der Waals surface area (Å²) in [5.41, 5.74) is 0.813. The largest absolute Gasteiger partial charge is 0.466 e. The van der Waals surface area contributed by atoms with Crippen LogP contribution in [0.1, 0.15) is 17.4 Å². The van der Waals surface area contributed by atoms with E-state index in [0.717, 1.165) is 17.1 Å². The van der Waals surface area contributed by atoms with Gasteiger partial charge in [0.2, 0.25) is 0 Å². The molecule has 0 spiro atoms. The number of hydrogen-bond donors (Lipinski definition) is 1. The van der Waals surface area contributed by atoms with Crippen LogP contribution in [0, 0.1) is 13.8 Å². The quantitative estimate of drug-likeness (QED) is 0.678. The average molecular weight is 410 g/mol. The molecular weight excluding hydrogens is 388 g/mol. The zero-order valence-corrected chi connectivity index (χ0v) is 16.8. The first-order valence-corrected chi connectivity index (χ1v) is 11.0. The first-order valence-electron chi connectivity index (χ1n) is 8.70. The highest BCUT2D eigenvalue weighted by molar-refractivity contribution is 7.91. The standard InChI is InChI=1S/C17H20N4O4S2/c1-12-10-14(13(2)24-12)17-19-18-15(25-17)11-20-5-7-21(8-6-20)27(22,23)16-4-3-9-26-16/h3-4,9-10H,5-8,11H2,1-2H3/p+1. The number of aromatic nitrogens is 2. The van der Waals surface area contributed by atoms with Crippen LogP contribution in [0.5, 0.6) is 0 Å². The lowest BCUT2D eigenvalue weighted by molar-refractivity contribution is -0.918. The Morgan fingerprint density at radius 2 is 2.00 bits per heavy atom. The van der Waals surface area contributed by atoms with Crippen LogP contribution in [0.25, 0.3) is 11.5 Å². The van der Waals surface area contributed by atoms with Gasteiger partial charge in [-0.3, -0.25) is 0 Å². The molecule has 10 heteroatoms. The molecule has 0 unspecified atom stereocenters. The number of thiophene rings is 1. The Kier molecular flexibility index (Phi) is 4.89. The van der Waals surface area contributed by atoms with E-state index >= 15 is 0 Å². The van der Waals surface area contributed by atoms with Gasteiger partial charge in [0.15, 0.2) is 6.54 Å². The highest BCUT2D eigenvalue weighted by Gasteiger charge is 2.31. The second kappa shape index (κ2) is 7.19. The first kappa shape index (κ1) is 18.4. The van der Waals surface area contributed by atoms with E-state index in [1.165, 1.54) is 16.2 Å². The van der Waals surface area contributed by atoms with E-state index < -0.39 is 10.0 Å². The molecule has 1 saturated heterocycles. The zero-order chi connectivity index (χ0) is 19.0. The first-order chi connectivity index (χ1) is 12.9. The number of nitrogens with zero attached hydrogens (tertiary/aromatic N) is 3. The molecule has 0 saturated carbocycles. The molecule has 4 heterocycles. The number of nitrogens with one attached hydrogen (secondary N) is 1. The van der Waals surface area contributed by atoms with Gasteiger partial charge in [-0.25, -0.2) is 8.42 Å². The van der Waals surface area contributed by atoms with Gasteiger partial charge < -0.3 is 13.7 Å². The van der Waals surface area contributed by atoms with Gasteiger partial charge in [-0.15, -0.1) is 21.5 Å². The lowest BCUT2D eigenvalue weighted by atomic mass is 10.2. The van der Waals surface area contributed by atoms with Crippen molar-refractivity contribution in [1.29, 1.82) is 0 Å². The molecule has 1 aliphatic heterocycles. The number of hydrogen-bond acceptors (Lipinski definition) is 7. The molecule has 3 aromatic rings. The van der Waals surface area contributed by atoms with E-state index in [1.807, 2.05) is 19.9 Å². The smallest absolute Gasteiger partial charge is 0.271 e. The molecule has 0 aromatic carbocycles. The van der Waals surface area contributed by atoms with Gasteiger partial charge in [-0.2, -0.15) is 4.31 Å². The van der Waals surface area contributed by atoms with Crippen molar-refractivity contribution in [1.82, 2.24) is 14.5 Å². The van der Waals surface area contributed by atoms with Crippen molar-refractivity contribution < 1.29 is 22.2 Å². The maximum Gasteiger partial charge on any atom is 0.271 e. The van der Waals surface area contributed by atoms with Crippen LogP contribution >= 0.6 is 11.3 Å². The number of quaternary nitrogens is 1. The lowest BCUT2D eigenvalue weighted by Gasteiger charge is -2.30. The third-order valence-electron chi connectivity index (χ3n) is 4.66. The summed E-state index contributed by atoms with van der Waals surface area (Å²) in [6.45, 7) is 6.69. The van der Waals surface area contributed by atoms with Gasteiger partial charge >= 0.3 is 0 Å². The fraction of sp³-hybridized carbons (Fsp3) is 0.412. The predicted octanol–water partition coefficient (Wildman–Crippen LogP) is 1.10. The third-order valence-corrected chi connectivity index (χ3v) is 7.93. The molecule has 1 fully saturated rings. The Labute approximate surface area is 161 Å². The van der Waals surface area contributed by atoms with Gasteiger partial charge in [-0.1, -0.05) is 6.07 Å². The van der Waals surface area contributed by atoms with Crippen molar-refractivity contribution in [3.8, 4) is 11.5 Å². The van der Waals surface area contributed by atoms with Crippen LogP contribution in [0.15, 0.2) is 36.6 Å². The van der Waals surface area contributed by atoms with Crippen LogP contribution in [0.2, 0.25) is 0 Å². The second-order valence-electron chi connectivity index (χ2n) is 6.59. The van der Waals surface area contributed by atoms with Gasteiger partial charge in [0.1, 0.15) is 15.7 Å². The molecule has 4 rings (SSSR count). The molecule has 3 aromatic heterocycles. The molecule has 8 nitrogen and oxygen atoms in total. The summed E-state index contributed by atoms with van der Waals surface area (Å²) in [6.07, 6.45) is 0. The van der Waals surface area contributed by atoms with E-state index in [0.29, 0.717) is 48.7 Å². The summed E-state index contributed by atoms with van der Waals surface area (Å²) in [5, 5.41) is 10.0. The van der Waals surface area contributed by atoms with Crippen LogP contribution < -0.4 is 4.90 Å². The van der Waals surface area contributed by atoms with Gasteiger partial charge in [0.05, 0.1) is 31.7 Å². The molecule has 0 aliphatic carbocycles. The summed E-state index contributed by atoms with van der Waals surface area (Å²) >= 11 is 1.25. The van der Waals surface area contributed by atoms with E-state index in [9.17, 15) is 8.42 Å². The number of piperazine rings is 1. The molecule has 1 N–H and O–H groups in total. The molecule has 0 atom stereocenters. The van der Waals surface area contributed by atoms with E-state index in [4.69, 9.17) is 8.83 Å². The fourth-order valence-electron chi connectivity index (χ4n) is 3.25. The number of sulfonamides is 1. The van der Waals surface area contributed by atoms with Crippen LogP contribution in [0.3, 0.4) is 0 Å². The van der Waals surface area contributed by atoms with Crippen LogP contribution in [0.4, 0.5) is 0 Å². The monoisotopic (exact) mass is 409 g/mol. The Morgan fingerprint density at radius 3 is 2.63 bits per heavy atom. The fourth-order valence-corrected chi connectivity index (χ4v) is 5.83. The number of aryl methyl sites for hydroxylation is 2. The predicted molar refractivity (Wildman–Crippen MR) is 99.0 cm³/mol. The topological polar surface area (TPSA) is 93.9 Å². The summed E-state index contributed by atoms with van der Waals surface area (Å²) in [5.74, 6) is 2.56. The molecular formula is C17H21N4O4S2+. The van der Waals surface area contributed by atoms with Crippen molar-refractivity contribution >= 4 is 21.4 Å². The molecule has 1 aliphatic rings. The van der Waals surface area contributed by atoms with Crippen molar-refractivity contribution in [2.45, 2.75) is 24.6 Å². The van der Waals surface area contributed by atoms with E-state index in [2.05, 4.69) is 10.2 Å². The summed E-state index contributed by atoms with van der Waals surface area (Å²) < 4.78 is 38.4. The van der Waals surface area contributed by atoms with Crippen molar-refractivity contribution in [2.24, 2.45) is 0 Å². The molecule has 0 bridgehead atoms. The SMILES string of the molecule is Cc1cc(-c2nnc(C[NH+]3CCN(S(=O)(=O)c4cccs4)CC3)o2)c(C)o1. The lowest BCUT2D eigenvalue weighted by Crippen LogP contribution is -3.13. The number of rotatable bonds is 5. The highest BCUT2D eigenvalue weighted by Crippen LogP contribution is 2.25. The van der Waals surface area contributed by atoms with Crippen LogP contribution in [-0.4, -0.2) is 49.1 Å². The summed E-state index contributed by atoms with van der Waals surface area (Å²) in [6, 6.07) is 5.29. The third kappa shape index (κ3) is 3.70. The van der Waals surface area contributed by atoms with Crippen molar-refractivity contribution in [3.05, 3.63) is 41.0 Å². The Balaban J connectivity index is 1.38.